The first-order valence-corrected chi connectivity index (χ1v) is 8.68. The molecule has 2 N–H and O–H groups in total. The van der Waals surface area contributed by atoms with E-state index in [0.29, 0.717) is 0 Å². The average molecular weight is 329 g/mol. The lowest BCUT2D eigenvalue weighted by atomic mass is 10.0. The number of benzene rings is 2. The zero-order valence-corrected chi connectivity index (χ0v) is 13.9. The summed E-state index contributed by atoms with van der Waals surface area (Å²) in [6.07, 6.45) is 3.10. The topological polar surface area (TPSA) is 33.3 Å². The summed E-state index contributed by atoms with van der Waals surface area (Å²) in [4.78, 5) is 0. The van der Waals surface area contributed by atoms with E-state index in [2.05, 4.69) is 34.9 Å². The van der Waals surface area contributed by atoms with E-state index in [1.807, 2.05) is 6.07 Å². The molecule has 4 rings (SSSR count). The maximum atomic E-state index is 6.47. The van der Waals surface area contributed by atoms with E-state index in [1.165, 1.54) is 22.3 Å². The van der Waals surface area contributed by atoms with Crippen LogP contribution in [0.1, 0.15) is 22.3 Å². The van der Waals surface area contributed by atoms with Gasteiger partial charge in [0, 0.05) is 13.0 Å². The van der Waals surface area contributed by atoms with Crippen LogP contribution in [0.2, 0.25) is 5.02 Å². The Morgan fingerprint density at radius 1 is 1.04 bits per heavy atom. The molecular formula is C19H21ClN2O. The van der Waals surface area contributed by atoms with E-state index < -0.39 is 0 Å². The molecule has 4 heteroatoms. The fourth-order valence-electron chi connectivity index (χ4n) is 3.48. The second kappa shape index (κ2) is 6.42. The number of ether oxygens (including phenoxy) is 1. The summed E-state index contributed by atoms with van der Waals surface area (Å²) < 4.78 is 5.58. The van der Waals surface area contributed by atoms with Crippen LogP contribution in [-0.4, -0.2) is 19.7 Å². The molecule has 2 heterocycles. The lowest BCUT2D eigenvalue weighted by Gasteiger charge is -2.16. The molecule has 2 aliphatic heterocycles. The highest BCUT2D eigenvalue weighted by atomic mass is 35.5. The summed E-state index contributed by atoms with van der Waals surface area (Å²) in [6, 6.07) is 10.6. The van der Waals surface area contributed by atoms with Gasteiger partial charge in [-0.05, 0) is 60.3 Å². The minimum absolute atomic E-state index is 0.789. The van der Waals surface area contributed by atoms with Crippen LogP contribution in [0.5, 0.6) is 5.75 Å². The predicted molar refractivity (Wildman–Crippen MR) is 94.7 cm³/mol. The lowest BCUT2D eigenvalue weighted by Crippen LogP contribution is -2.16. The lowest BCUT2D eigenvalue weighted by molar-refractivity contribution is 0.357. The van der Waals surface area contributed by atoms with Crippen molar-refractivity contribution in [3.05, 3.63) is 57.6 Å². The molecule has 0 atom stereocenters. The molecule has 0 spiro atoms. The van der Waals surface area contributed by atoms with E-state index in [1.54, 1.807) is 0 Å². The molecule has 120 valence electrons. The highest BCUT2D eigenvalue weighted by Crippen LogP contribution is 2.32. The number of halogens is 1. The van der Waals surface area contributed by atoms with Crippen molar-refractivity contribution in [2.45, 2.75) is 25.8 Å². The van der Waals surface area contributed by atoms with Crippen LogP contribution in [-0.2, 0) is 25.8 Å². The largest absolute Gasteiger partial charge is 0.493 e. The van der Waals surface area contributed by atoms with Crippen LogP contribution in [0.15, 0.2) is 30.3 Å². The van der Waals surface area contributed by atoms with E-state index in [4.69, 9.17) is 16.3 Å². The third kappa shape index (κ3) is 3.04. The summed E-state index contributed by atoms with van der Waals surface area (Å²) >= 11 is 6.47. The summed E-state index contributed by atoms with van der Waals surface area (Å²) in [5.74, 6) is 1.03. The van der Waals surface area contributed by atoms with Gasteiger partial charge in [0.25, 0.3) is 0 Å². The number of nitrogens with one attached hydrogen (secondary N) is 2. The number of hydrogen-bond donors (Lipinski definition) is 2. The van der Waals surface area contributed by atoms with Crippen LogP contribution >= 0.6 is 11.6 Å². The molecule has 0 bridgehead atoms. The van der Waals surface area contributed by atoms with Gasteiger partial charge in [-0.15, -0.1) is 0 Å². The first-order chi connectivity index (χ1) is 11.3. The Bertz CT molecular complexity index is 730. The van der Waals surface area contributed by atoms with Crippen molar-refractivity contribution in [1.82, 2.24) is 5.32 Å². The van der Waals surface area contributed by atoms with Crippen molar-refractivity contribution >= 4 is 17.3 Å². The Labute approximate surface area is 142 Å². The Balaban J connectivity index is 1.57. The van der Waals surface area contributed by atoms with Gasteiger partial charge in [-0.1, -0.05) is 29.8 Å². The molecule has 0 unspecified atom stereocenters. The third-order valence-electron chi connectivity index (χ3n) is 4.71. The zero-order chi connectivity index (χ0) is 15.6. The molecule has 2 aliphatic rings. The molecule has 2 aromatic carbocycles. The van der Waals surface area contributed by atoms with Gasteiger partial charge in [0.15, 0.2) is 0 Å². The quantitative estimate of drug-likeness (QED) is 0.903. The van der Waals surface area contributed by atoms with Crippen LogP contribution in [0.4, 0.5) is 5.69 Å². The van der Waals surface area contributed by atoms with Crippen LogP contribution in [0, 0.1) is 0 Å². The molecule has 3 nitrogen and oxygen atoms in total. The maximum Gasteiger partial charge on any atom is 0.122 e. The second-order valence-electron chi connectivity index (χ2n) is 6.20. The van der Waals surface area contributed by atoms with Crippen molar-refractivity contribution in [3.8, 4) is 5.75 Å². The molecule has 0 saturated heterocycles. The predicted octanol–water partition coefficient (Wildman–Crippen LogP) is 3.58. The molecule has 0 radical (unpaired) electrons. The molecule has 23 heavy (non-hydrogen) atoms. The molecule has 0 aliphatic carbocycles. The van der Waals surface area contributed by atoms with Gasteiger partial charge < -0.3 is 15.4 Å². The van der Waals surface area contributed by atoms with E-state index in [9.17, 15) is 0 Å². The highest BCUT2D eigenvalue weighted by molar-refractivity contribution is 6.33. The van der Waals surface area contributed by atoms with Crippen molar-refractivity contribution in [3.63, 3.8) is 0 Å². The van der Waals surface area contributed by atoms with Crippen LogP contribution in [0.25, 0.3) is 0 Å². The van der Waals surface area contributed by atoms with Crippen molar-refractivity contribution < 1.29 is 4.74 Å². The van der Waals surface area contributed by atoms with Gasteiger partial charge in [-0.25, -0.2) is 0 Å². The summed E-state index contributed by atoms with van der Waals surface area (Å²) in [6.45, 7) is 3.64. The average Bonchev–Trinajstić information content (AvgIpc) is 2.90. The fourth-order valence-corrected chi connectivity index (χ4v) is 3.72. The molecule has 0 amide bonds. The zero-order valence-electron chi connectivity index (χ0n) is 13.1. The van der Waals surface area contributed by atoms with Crippen molar-refractivity contribution in [2.75, 3.05) is 25.0 Å². The van der Waals surface area contributed by atoms with Gasteiger partial charge in [0.05, 0.1) is 17.3 Å². The SMILES string of the molecule is Clc1ccc2c(c1NCc1ccc3c(c1)CCO3)CCNCC2. The number of anilines is 1. The molecule has 2 aromatic rings. The number of hydrogen-bond acceptors (Lipinski definition) is 3. The number of fused-ring (bicyclic) bond motifs is 2. The molecule has 0 saturated carbocycles. The monoisotopic (exact) mass is 328 g/mol. The third-order valence-corrected chi connectivity index (χ3v) is 5.02. The van der Waals surface area contributed by atoms with Crippen LogP contribution in [0.3, 0.4) is 0 Å². The second-order valence-corrected chi connectivity index (χ2v) is 6.61. The normalized spacial score (nSPS) is 16.2. The highest BCUT2D eigenvalue weighted by Gasteiger charge is 2.15. The Morgan fingerprint density at radius 3 is 2.91 bits per heavy atom. The first-order valence-electron chi connectivity index (χ1n) is 8.31. The Morgan fingerprint density at radius 2 is 1.96 bits per heavy atom. The Kier molecular flexibility index (Phi) is 4.15. The van der Waals surface area contributed by atoms with Crippen LogP contribution < -0.4 is 15.4 Å². The standard InChI is InChI=1S/C19H21ClN2O/c20-17-3-2-14-5-8-21-9-6-16(14)19(17)22-12-13-1-4-18-15(11-13)7-10-23-18/h1-4,11,21-22H,5-10,12H2. The Hall–Kier alpha value is -1.71. The molecule has 0 aromatic heterocycles. The maximum absolute atomic E-state index is 6.47. The van der Waals surface area contributed by atoms with Gasteiger partial charge in [-0.3, -0.25) is 0 Å². The van der Waals surface area contributed by atoms with Gasteiger partial charge in [-0.2, -0.15) is 0 Å². The van der Waals surface area contributed by atoms with E-state index in [0.717, 1.165) is 62.0 Å². The summed E-state index contributed by atoms with van der Waals surface area (Å²) in [5.41, 5.74) is 6.46. The molecule has 0 fully saturated rings. The van der Waals surface area contributed by atoms with Crippen molar-refractivity contribution in [2.24, 2.45) is 0 Å². The van der Waals surface area contributed by atoms with Gasteiger partial charge in [0.1, 0.15) is 5.75 Å². The van der Waals surface area contributed by atoms with Crippen molar-refractivity contribution in [1.29, 1.82) is 0 Å². The smallest absolute Gasteiger partial charge is 0.122 e. The minimum atomic E-state index is 0.789. The summed E-state index contributed by atoms with van der Waals surface area (Å²) in [7, 11) is 0. The molecular weight excluding hydrogens is 308 g/mol. The number of rotatable bonds is 3. The summed E-state index contributed by atoms with van der Waals surface area (Å²) in [5, 5.41) is 7.85. The van der Waals surface area contributed by atoms with Gasteiger partial charge >= 0.3 is 0 Å². The van der Waals surface area contributed by atoms with E-state index in [-0.39, 0.29) is 0 Å². The first kappa shape index (κ1) is 14.9. The fraction of sp³-hybridized carbons (Fsp3) is 0.368. The van der Waals surface area contributed by atoms with Gasteiger partial charge in [0.2, 0.25) is 0 Å². The minimum Gasteiger partial charge on any atom is -0.493 e. The van der Waals surface area contributed by atoms with E-state index >= 15 is 0 Å².